The summed E-state index contributed by atoms with van der Waals surface area (Å²) in [7, 11) is 1.26. The highest BCUT2D eigenvalue weighted by molar-refractivity contribution is 5.78. The fourth-order valence-corrected chi connectivity index (χ4v) is 1.97. The zero-order valence-corrected chi connectivity index (χ0v) is 10.3. The van der Waals surface area contributed by atoms with Crippen LogP contribution >= 0.6 is 0 Å². The lowest BCUT2D eigenvalue weighted by Crippen LogP contribution is -2.23. The summed E-state index contributed by atoms with van der Waals surface area (Å²) in [5.41, 5.74) is 5.56. The van der Waals surface area contributed by atoms with Crippen molar-refractivity contribution in [2.75, 3.05) is 26.9 Å². The summed E-state index contributed by atoms with van der Waals surface area (Å²) in [4.78, 5) is 11.1. The summed E-state index contributed by atoms with van der Waals surface area (Å²) < 4.78 is 29.6. The molecular weight excluding hydrogens is 257 g/mol. The van der Waals surface area contributed by atoms with E-state index >= 15 is 0 Å². The van der Waals surface area contributed by atoms with Crippen molar-refractivity contribution in [1.29, 1.82) is 0 Å². The summed E-state index contributed by atoms with van der Waals surface area (Å²) >= 11 is 0. The zero-order chi connectivity index (χ0) is 14.0. The van der Waals surface area contributed by atoms with Gasteiger partial charge in [-0.05, 0) is 6.07 Å². The quantitative estimate of drug-likeness (QED) is 0.839. The van der Waals surface area contributed by atoms with E-state index in [1.165, 1.54) is 13.2 Å². The lowest BCUT2D eigenvalue weighted by molar-refractivity contribution is -0.138. The number of fused-ring (bicyclic) bond motifs is 1. The van der Waals surface area contributed by atoms with Gasteiger partial charge in [0.15, 0.2) is 11.5 Å². The van der Waals surface area contributed by atoms with Crippen LogP contribution in [0.25, 0.3) is 0 Å². The molecule has 104 valence electrons. The first-order chi connectivity index (χ1) is 9.10. The van der Waals surface area contributed by atoms with Crippen molar-refractivity contribution in [2.45, 2.75) is 5.92 Å². The molecule has 0 spiro atoms. The van der Waals surface area contributed by atoms with E-state index < -0.39 is 17.7 Å². The Kier molecular flexibility index (Phi) is 3.75. The maximum absolute atomic E-state index is 14.2. The molecule has 1 unspecified atom stereocenters. The van der Waals surface area contributed by atoms with Crippen molar-refractivity contribution >= 4 is 5.97 Å². The molecule has 0 radical (unpaired) electrons. The molecule has 7 heteroatoms. The first kappa shape index (κ1) is 13.4. The van der Waals surface area contributed by atoms with Crippen LogP contribution in [-0.4, -0.2) is 37.9 Å². The summed E-state index contributed by atoms with van der Waals surface area (Å²) in [6.45, 7) is 0.328. The van der Waals surface area contributed by atoms with E-state index in [0.29, 0.717) is 0 Å². The minimum atomic E-state index is -1.16. The van der Waals surface area contributed by atoms with Gasteiger partial charge in [0.05, 0.1) is 13.0 Å². The Bertz CT molecular complexity index is 505. The van der Waals surface area contributed by atoms with Gasteiger partial charge in [0.1, 0.15) is 13.2 Å². The van der Waals surface area contributed by atoms with E-state index in [0.717, 1.165) is 0 Å². The number of benzene rings is 1. The van der Waals surface area contributed by atoms with Gasteiger partial charge in [-0.1, -0.05) is 0 Å². The number of carboxylic acids is 1. The number of halogens is 1. The molecule has 2 rings (SSSR count). The molecule has 0 saturated heterocycles. The van der Waals surface area contributed by atoms with Crippen molar-refractivity contribution in [3.05, 3.63) is 17.4 Å². The van der Waals surface area contributed by atoms with Crippen LogP contribution in [0, 0.1) is 5.82 Å². The van der Waals surface area contributed by atoms with Crippen molar-refractivity contribution in [2.24, 2.45) is 5.73 Å². The van der Waals surface area contributed by atoms with Gasteiger partial charge in [-0.15, -0.1) is 0 Å². The first-order valence-electron chi connectivity index (χ1n) is 5.69. The molecule has 3 N–H and O–H groups in total. The van der Waals surface area contributed by atoms with E-state index in [1.54, 1.807) is 0 Å². The Morgan fingerprint density at radius 1 is 1.58 bits per heavy atom. The molecule has 1 atom stereocenters. The summed E-state index contributed by atoms with van der Waals surface area (Å²) in [6.07, 6.45) is 0. The number of aliphatic carboxylic acids is 1. The number of nitrogens with two attached hydrogens (primary N) is 1. The Hall–Kier alpha value is -2.02. The standard InChI is InChI=1S/C12H14FNO5/c1-17-10-6(7(5-14)12(15)16)4-8-11(9(10)13)19-3-2-18-8/h4,7H,2-3,5,14H2,1H3,(H,15,16). The number of carboxylic acid groups (broad SMARTS) is 1. The normalized spacial score (nSPS) is 14.9. The third kappa shape index (κ3) is 2.28. The Morgan fingerprint density at radius 3 is 2.84 bits per heavy atom. The molecule has 1 aromatic carbocycles. The second kappa shape index (κ2) is 5.31. The van der Waals surface area contributed by atoms with Gasteiger partial charge in [-0.2, -0.15) is 4.39 Å². The van der Waals surface area contributed by atoms with Crippen LogP contribution in [-0.2, 0) is 4.79 Å². The van der Waals surface area contributed by atoms with Crippen LogP contribution in [0.1, 0.15) is 11.5 Å². The van der Waals surface area contributed by atoms with E-state index in [-0.39, 0.29) is 42.6 Å². The monoisotopic (exact) mass is 271 g/mol. The first-order valence-corrected chi connectivity index (χ1v) is 5.69. The zero-order valence-electron chi connectivity index (χ0n) is 10.3. The Labute approximate surface area is 108 Å². The number of hydrogen-bond acceptors (Lipinski definition) is 5. The molecule has 0 fully saturated rings. The lowest BCUT2D eigenvalue weighted by Gasteiger charge is -2.23. The molecule has 0 bridgehead atoms. The predicted molar refractivity (Wildman–Crippen MR) is 63.4 cm³/mol. The van der Waals surface area contributed by atoms with Crippen LogP contribution in [0.5, 0.6) is 17.2 Å². The molecule has 0 aromatic heterocycles. The summed E-state index contributed by atoms with van der Waals surface area (Å²) in [6, 6.07) is 1.40. The predicted octanol–water partition coefficient (Wildman–Crippen LogP) is 0.732. The molecular formula is C12H14FNO5. The fraction of sp³-hybridized carbons (Fsp3) is 0.417. The van der Waals surface area contributed by atoms with Gasteiger partial charge in [0, 0.05) is 12.1 Å². The molecule has 6 nitrogen and oxygen atoms in total. The number of methoxy groups -OCH3 is 1. The maximum atomic E-state index is 14.2. The largest absolute Gasteiger partial charge is 0.493 e. The number of rotatable bonds is 4. The molecule has 0 saturated carbocycles. The van der Waals surface area contributed by atoms with Crippen LogP contribution < -0.4 is 19.9 Å². The highest BCUT2D eigenvalue weighted by Crippen LogP contribution is 2.43. The Balaban J connectivity index is 2.59. The number of carbonyl (C=O) groups is 1. The van der Waals surface area contributed by atoms with Gasteiger partial charge in [0.2, 0.25) is 11.6 Å². The molecule has 0 aliphatic carbocycles. The summed E-state index contributed by atoms with van der Waals surface area (Å²) in [5.74, 6) is -3.07. The third-order valence-electron chi connectivity index (χ3n) is 2.87. The average molecular weight is 271 g/mol. The van der Waals surface area contributed by atoms with E-state index in [1.807, 2.05) is 0 Å². The van der Waals surface area contributed by atoms with Crippen molar-refractivity contribution < 1.29 is 28.5 Å². The fourth-order valence-electron chi connectivity index (χ4n) is 1.97. The third-order valence-corrected chi connectivity index (χ3v) is 2.87. The number of hydrogen-bond donors (Lipinski definition) is 2. The minimum absolute atomic E-state index is 0.0620. The highest BCUT2D eigenvalue weighted by atomic mass is 19.1. The van der Waals surface area contributed by atoms with Gasteiger partial charge in [0.25, 0.3) is 0 Å². The highest BCUT2D eigenvalue weighted by Gasteiger charge is 2.30. The molecule has 1 heterocycles. The van der Waals surface area contributed by atoms with Crippen LogP contribution in [0.4, 0.5) is 4.39 Å². The second-order valence-electron chi connectivity index (χ2n) is 3.96. The van der Waals surface area contributed by atoms with Crippen molar-refractivity contribution in [1.82, 2.24) is 0 Å². The molecule has 19 heavy (non-hydrogen) atoms. The van der Waals surface area contributed by atoms with Crippen molar-refractivity contribution in [3.8, 4) is 17.2 Å². The van der Waals surface area contributed by atoms with Gasteiger partial charge < -0.3 is 25.1 Å². The van der Waals surface area contributed by atoms with Crippen LogP contribution in [0.3, 0.4) is 0 Å². The van der Waals surface area contributed by atoms with Gasteiger partial charge in [-0.25, -0.2) is 0 Å². The maximum Gasteiger partial charge on any atom is 0.312 e. The summed E-state index contributed by atoms with van der Waals surface area (Å²) in [5, 5.41) is 9.11. The molecule has 1 aliphatic rings. The SMILES string of the molecule is COc1c(C(CN)C(=O)O)cc2c(c1F)OCCO2. The molecule has 0 amide bonds. The number of ether oxygens (including phenoxy) is 3. The topological polar surface area (TPSA) is 91.0 Å². The van der Waals surface area contributed by atoms with Gasteiger partial charge >= 0.3 is 5.97 Å². The van der Waals surface area contributed by atoms with Crippen LogP contribution in [0.15, 0.2) is 6.07 Å². The Morgan fingerprint density at radius 2 is 2.26 bits per heavy atom. The van der Waals surface area contributed by atoms with E-state index in [9.17, 15) is 9.18 Å². The van der Waals surface area contributed by atoms with E-state index in [2.05, 4.69) is 0 Å². The molecule has 1 aromatic rings. The van der Waals surface area contributed by atoms with Crippen molar-refractivity contribution in [3.63, 3.8) is 0 Å². The lowest BCUT2D eigenvalue weighted by atomic mass is 9.97. The second-order valence-corrected chi connectivity index (χ2v) is 3.96. The average Bonchev–Trinajstić information content (AvgIpc) is 2.39. The van der Waals surface area contributed by atoms with E-state index in [4.69, 9.17) is 25.1 Å². The van der Waals surface area contributed by atoms with Crippen LogP contribution in [0.2, 0.25) is 0 Å². The minimum Gasteiger partial charge on any atom is -0.493 e. The molecule has 1 aliphatic heterocycles. The van der Waals surface area contributed by atoms with Gasteiger partial charge in [-0.3, -0.25) is 4.79 Å². The smallest absolute Gasteiger partial charge is 0.312 e.